The molecule has 0 bridgehead atoms. The van der Waals surface area contributed by atoms with E-state index >= 15 is 0 Å². The number of aryl methyl sites for hydroxylation is 1. The van der Waals surface area contributed by atoms with Crippen molar-refractivity contribution in [3.05, 3.63) is 29.5 Å². The van der Waals surface area contributed by atoms with Crippen molar-refractivity contribution < 1.29 is 9.53 Å². The van der Waals surface area contributed by atoms with Gasteiger partial charge in [0.1, 0.15) is 5.75 Å². The highest BCUT2D eigenvalue weighted by molar-refractivity contribution is 6.08. The molecule has 0 atom stereocenters. The number of benzene rings is 1. The summed E-state index contributed by atoms with van der Waals surface area (Å²) in [5, 5.41) is 0.954. The van der Waals surface area contributed by atoms with Crippen LogP contribution >= 0.6 is 0 Å². The third kappa shape index (κ3) is 2.50. The van der Waals surface area contributed by atoms with Crippen LogP contribution in [0, 0.1) is 12.8 Å². The molecular formula is C17H22N2O2. The van der Waals surface area contributed by atoms with E-state index < -0.39 is 0 Å². The van der Waals surface area contributed by atoms with Gasteiger partial charge in [-0.3, -0.25) is 4.79 Å². The molecule has 1 aromatic heterocycles. The highest BCUT2D eigenvalue weighted by Gasteiger charge is 2.25. The zero-order valence-electron chi connectivity index (χ0n) is 12.9. The number of aromatic nitrogens is 1. The van der Waals surface area contributed by atoms with Crippen LogP contribution in [0.5, 0.6) is 5.75 Å². The second-order valence-corrected chi connectivity index (χ2v) is 6.01. The Balaban J connectivity index is 1.98. The summed E-state index contributed by atoms with van der Waals surface area (Å²) >= 11 is 0. The minimum Gasteiger partial charge on any atom is -0.497 e. The fourth-order valence-corrected chi connectivity index (χ4v) is 3.08. The van der Waals surface area contributed by atoms with Crippen molar-refractivity contribution in [1.82, 2.24) is 9.88 Å². The van der Waals surface area contributed by atoms with Crippen molar-refractivity contribution in [3.63, 3.8) is 0 Å². The van der Waals surface area contributed by atoms with Gasteiger partial charge < -0.3 is 14.6 Å². The van der Waals surface area contributed by atoms with Crippen molar-refractivity contribution in [1.29, 1.82) is 0 Å². The topological polar surface area (TPSA) is 45.3 Å². The van der Waals surface area contributed by atoms with E-state index in [0.717, 1.165) is 59.8 Å². The van der Waals surface area contributed by atoms with Crippen molar-refractivity contribution in [2.45, 2.75) is 26.7 Å². The van der Waals surface area contributed by atoms with Crippen LogP contribution < -0.4 is 4.74 Å². The first-order valence-corrected chi connectivity index (χ1v) is 7.55. The molecule has 0 aliphatic carbocycles. The number of aromatic amines is 1. The zero-order chi connectivity index (χ0) is 15.0. The summed E-state index contributed by atoms with van der Waals surface area (Å²) in [4.78, 5) is 18.2. The van der Waals surface area contributed by atoms with Crippen LogP contribution in [0.3, 0.4) is 0 Å². The summed E-state index contributed by atoms with van der Waals surface area (Å²) in [6, 6.07) is 5.82. The van der Waals surface area contributed by atoms with E-state index in [-0.39, 0.29) is 5.91 Å². The summed E-state index contributed by atoms with van der Waals surface area (Å²) < 4.78 is 5.29. The molecule has 4 heteroatoms. The number of likely N-dealkylation sites (tertiary alicyclic amines) is 1. The number of piperidine rings is 1. The monoisotopic (exact) mass is 286 g/mol. The summed E-state index contributed by atoms with van der Waals surface area (Å²) in [7, 11) is 1.65. The first-order chi connectivity index (χ1) is 10.1. The van der Waals surface area contributed by atoms with Gasteiger partial charge in [-0.25, -0.2) is 0 Å². The van der Waals surface area contributed by atoms with Crippen molar-refractivity contribution in [2.24, 2.45) is 5.92 Å². The minimum absolute atomic E-state index is 0.138. The van der Waals surface area contributed by atoms with E-state index in [1.165, 1.54) is 0 Å². The molecule has 1 fully saturated rings. The molecule has 0 radical (unpaired) electrons. The van der Waals surface area contributed by atoms with Gasteiger partial charge in [-0.15, -0.1) is 0 Å². The molecular weight excluding hydrogens is 264 g/mol. The lowest BCUT2D eigenvalue weighted by Crippen LogP contribution is -2.38. The smallest absolute Gasteiger partial charge is 0.256 e. The van der Waals surface area contributed by atoms with Gasteiger partial charge in [0, 0.05) is 29.7 Å². The lowest BCUT2D eigenvalue weighted by Gasteiger charge is -2.30. The number of nitrogens with one attached hydrogen (secondary N) is 1. The van der Waals surface area contributed by atoms with Crippen LogP contribution in [0.15, 0.2) is 18.2 Å². The number of fused-ring (bicyclic) bond motifs is 1. The maximum atomic E-state index is 12.9. The van der Waals surface area contributed by atoms with Gasteiger partial charge in [-0.2, -0.15) is 0 Å². The molecule has 0 unspecified atom stereocenters. The molecule has 21 heavy (non-hydrogen) atoms. The number of amides is 1. The van der Waals surface area contributed by atoms with Gasteiger partial charge in [-0.1, -0.05) is 6.92 Å². The largest absolute Gasteiger partial charge is 0.497 e. The molecule has 1 aromatic carbocycles. The minimum atomic E-state index is 0.138. The first-order valence-electron chi connectivity index (χ1n) is 7.55. The molecule has 2 heterocycles. The van der Waals surface area contributed by atoms with E-state index in [9.17, 15) is 4.79 Å². The van der Waals surface area contributed by atoms with Gasteiger partial charge in [-0.05, 0) is 43.9 Å². The molecule has 2 aromatic rings. The van der Waals surface area contributed by atoms with Crippen LogP contribution in [0.2, 0.25) is 0 Å². The Bertz CT molecular complexity index is 667. The Morgan fingerprint density at radius 2 is 2.05 bits per heavy atom. The van der Waals surface area contributed by atoms with Gasteiger partial charge in [0.2, 0.25) is 0 Å². The molecule has 4 nitrogen and oxygen atoms in total. The standard InChI is InChI=1S/C17H22N2O2/c1-11-6-8-19(9-7-11)17(20)16-12(2)18-15-5-4-13(21-3)10-14(15)16/h4-5,10-11,18H,6-9H2,1-3H3. The van der Waals surface area contributed by atoms with Crippen LogP contribution in [0.1, 0.15) is 35.8 Å². The first kappa shape index (κ1) is 14.0. The van der Waals surface area contributed by atoms with Crippen molar-refractivity contribution in [2.75, 3.05) is 20.2 Å². The normalized spacial score (nSPS) is 16.4. The van der Waals surface area contributed by atoms with E-state index in [1.54, 1.807) is 7.11 Å². The van der Waals surface area contributed by atoms with Crippen LogP contribution in [-0.2, 0) is 0 Å². The number of carbonyl (C=O) groups excluding carboxylic acids is 1. The number of ether oxygens (including phenoxy) is 1. The molecule has 1 aliphatic rings. The highest BCUT2D eigenvalue weighted by Crippen LogP contribution is 2.28. The van der Waals surface area contributed by atoms with E-state index in [4.69, 9.17) is 4.74 Å². The number of carbonyl (C=O) groups is 1. The van der Waals surface area contributed by atoms with Crippen LogP contribution in [0.25, 0.3) is 10.9 Å². The lowest BCUT2D eigenvalue weighted by atomic mass is 9.98. The summed E-state index contributed by atoms with van der Waals surface area (Å²) in [5.41, 5.74) is 2.71. The Hall–Kier alpha value is -1.97. The predicted molar refractivity (Wildman–Crippen MR) is 83.9 cm³/mol. The quantitative estimate of drug-likeness (QED) is 0.920. The predicted octanol–water partition coefficient (Wildman–Crippen LogP) is 3.36. The Morgan fingerprint density at radius 1 is 1.33 bits per heavy atom. The van der Waals surface area contributed by atoms with Gasteiger partial charge >= 0.3 is 0 Å². The van der Waals surface area contributed by atoms with Crippen molar-refractivity contribution >= 4 is 16.8 Å². The van der Waals surface area contributed by atoms with Crippen LogP contribution in [0.4, 0.5) is 0 Å². The average Bonchev–Trinajstić information content (AvgIpc) is 2.82. The Kier molecular flexibility index (Phi) is 3.62. The second kappa shape index (κ2) is 5.43. The molecule has 1 aliphatic heterocycles. The van der Waals surface area contributed by atoms with E-state index in [1.807, 2.05) is 30.0 Å². The average molecular weight is 286 g/mol. The number of rotatable bonds is 2. The third-order valence-corrected chi connectivity index (χ3v) is 4.48. The van der Waals surface area contributed by atoms with E-state index in [2.05, 4.69) is 11.9 Å². The van der Waals surface area contributed by atoms with Gasteiger partial charge in [0.15, 0.2) is 0 Å². The molecule has 1 amide bonds. The molecule has 1 saturated heterocycles. The maximum Gasteiger partial charge on any atom is 0.256 e. The highest BCUT2D eigenvalue weighted by atomic mass is 16.5. The number of H-pyrrole nitrogens is 1. The number of hydrogen-bond donors (Lipinski definition) is 1. The van der Waals surface area contributed by atoms with Crippen molar-refractivity contribution in [3.8, 4) is 5.75 Å². The SMILES string of the molecule is COc1ccc2[nH]c(C)c(C(=O)N3CCC(C)CC3)c2c1. The number of methoxy groups -OCH3 is 1. The fraction of sp³-hybridized carbons (Fsp3) is 0.471. The molecule has 0 saturated carbocycles. The number of hydrogen-bond acceptors (Lipinski definition) is 2. The van der Waals surface area contributed by atoms with E-state index in [0.29, 0.717) is 0 Å². The van der Waals surface area contributed by atoms with Gasteiger partial charge in [0.25, 0.3) is 5.91 Å². The van der Waals surface area contributed by atoms with Gasteiger partial charge in [0.05, 0.1) is 12.7 Å². The summed E-state index contributed by atoms with van der Waals surface area (Å²) in [6.45, 7) is 5.93. The third-order valence-electron chi connectivity index (χ3n) is 4.48. The number of nitrogens with zero attached hydrogens (tertiary/aromatic N) is 1. The summed E-state index contributed by atoms with van der Waals surface area (Å²) in [6.07, 6.45) is 2.19. The molecule has 3 rings (SSSR count). The molecule has 1 N–H and O–H groups in total. The second-order valence-electron chi connectivity index (χ2n) is 6.01. The molecule has 112 valence electrons. The Morgan fingerprint density at radius 3 is 2.71 bits per heavy atom. The molecule has 0 spiro atoms. The Labute approximate surface area is 125 Å². The fourth-order valence-electron chi connectivity index (χ4n) is 3.08. The summed E-state index contributed by atoms with van der Waals surface area (Å²) in [5.74, 6) is 1.64. The zero-order valence-corrected chi connectivity index (χ0v) is 12.9. The van der Waals surface area contributed by atoms with Crippen LogP contribution in [-0.4, -0.2) is 36.0 Å². The maximum absolute atomic E-state index is 12.9. The lowest BCUT2D eigenvalue weighted by molar-refractivity contribution is 0.0698.